The van der Waals surface area contributed by atoms with Gasteiger partial charge < -0.3 is 15.4 Å². The monoisotopic (exact) mass is 218 g/mol. The molecule has 0 fully saturated rings. The minimum Gasteiger partial charge on any atom is -0.393 e. The van der Waals surface area contributed by atoms with Crippen LogP contribution in [-0.2, 0) is 13.1 Å². The Morgan fingerprint density at radius 3 is 2.88 bits per heavy atom. The Hall–Kier alpha value is -1.32. The van der Waals surface area contributed by atoms with E-state index in [9.17, 15) is 5.11 Å². The molecule has 1 heterocycles. The molecule has 0 amide bonds. The van der Waals surface area contributed by atoms with E-state index in [1.807, 2.05) is 13.0 Å². The molecule has 0 spiro atoms. The quantitative estimate of drug-likeness (QED) is 0.823. The summed E-state index contributed by atoms with van der Waals surface area (Å²) in [5.41, 5.74) is 8.07. The van der Waals surface area contributed by atoms with Gasteiger partial charge in [-0.1, -0.05) is 12.1 Å². The van der Waals surface area contributed by atoms with E-state index in [2.05, 4.69) is 29.0 Å². The molecule has 1 atom stereocenters. The van der Waals surface area contributed by atoms with Crippen molar-refractivity contribution in [3.63, 3.8) is 0 Å². The molecule has 0 aliphatic rings. The number of nitrogens with zero attached hydrogens (tertiary/aromatic N) is 1. The first-order chi connectivity index (χ1) is 7.72. The summed E-state index contributed by atoms with van der Waals surface area (Å²) < 4.78 is 2.17. The first-order valence-corrected chi connectivity index (χ1v) is 5.67. The number of hydrogen-bond acceptors (Lipinski definition) is 2. The molecule has 0 aliphatic carbocycles. The fraction of sp³-hybridized carbons (Fsp3) is 0.385. The van der Waals surface area contributed by atoms with E-state index < -0.39 is 0 Å². The molecule has 1 unspecified atom stereocenters. The van der Waals surface area contributed by atoms with Crippen LogP contribution in [0.4, 0.5) is 0 Å². The second-order valence-corrected chi connectivity index (χ2v) is 4.20. The predicted molar refractivity (Wildman–Crippen MR) is 66.1 cm³/mol. The van der Waals surface area contributed by atoms with Crippen LogP contribution in [-0.4, -0.2) is 15.8 Å². The lowest BCUT2D eigenvalue weighted by molar-refractivity contribution is 0.178. The average Bonchev–Trinajstić information content (AvgIpc) is 2.69. The predicted octanol–water partition coefficient (Wildman–Crippen LogP) is 1.87. The minimum absolute atomic E-state index is 0.254. The van der Waals surface area contributed by atoms with Gasteiger partial charge in [-0.2, -0.15) is 0 Å². The summed E-state index contributed by atoms with van der Waals surface area (Å²) in [6, 6.07) is 8.28. The number of rotatable bonds is 4. The summed E-state index contributed by atoms with van der Waals surface area (Å²) in [5.74, 6) is 0. The first kappa shape index (κ1) is 11.2. The third-order valence-corrected chi connectivity index (χ3v) is 2.91. The Labute approximate surface area is 95.5 Å². The second kappa shape index (κ2) is 4.68. The van der Waals surface area contributed by atoms with Gasteiger partial charge in [0.15, 0.2) is 0 Å². The number of aromatic nitrogens is 1. The number of aliphatic hydroxyl groups is 1. The molecular formula is C13H18N2O. The molecule has 1 aromatic heterocycles. The highest BCUT2D eigenvalue weighted by atomic mass is 16.3. The van der Waals surface area contributed by atoms with E-state index in [-0.39, 0.29) is 6.10 Å². The van der Waals surface area contributed by atoms with E-state index in [4.69, 9.17) is 5.73 Å². The Morgan fingerprint density at radius 2 is 2.19 bits per heavy atom. The van der Waals surface area contributed by atoms with Gasteiger partial charge in [-0.3, -0.25) is 0 Å². The maximum Gasteiger partial charge on any atom is 0.0529 e. The van der Waals surface area contributed by atoms with Crippen molar-refractivity contribution in [2.75, 3.05) is 0 Å². The molecule has 3 N–H and O–H groups in total. The number of hydrogen-bond donors (Lipinski definition) is 2. The Bertz CT molecular complexity index is 474. The summed E-state index contributed by atoms with van der Waals surface area (Å²) in [6.45, 7) is 3.23. The third kappa shape index (κ3) is 2.10. The van der Waals surface area contributed by atoms with Crippen molar-refractivity contribution in [1.82, 2.24) is 4.57 Å². The van der Waals surface area contributed by atoms with Crippen molar-refractivity contribution in [3.8, 4) is 0 Å². The van der Waals surface area contributed by atoms with Crippen LogP contribution in [0, 0.1) is 0 Å². The molecule has 2 aromatic rings. The maximum atomic E-state index is 9.29. The molecule has 0 saturated carbocycles. The van der Waals surface area contributed by atoms with Gasteiger partial charge in [-0.05, 0) is 31.0 Å². The van der Waals surface area contributed by atoms with Crippen LogP contribution in [0.15, 0.2) is 30.5 Å². The standard InChI is InChI=1S/C13H18N2O/c1-10(16)5-7-15-8-6-12-11(9-14)3-2-4-13(12)15/h2-4,6,8,10,16H,5,7,9,14H2,1H3. The smallest absolute Gasteiger partial charge is 0.0529 e. The van der Waals surface area contributed by atoms with Gasteiger partial charge in [0.1, 0.15) is 0 Å². The normalized spacial score (nSPS) is 13.2. The van der Waals surface area contributed by atoms with Crippen molar-refractivity contribution in [1.29, 1.82) is 0 Å². The van der Waals surface area contributed by atoms with Crippen LogP contribution in [0.25, 0.3) is 10.9 Å². The van der Waals surface area contributed by atoms with Crippen LogP contribution < -0.4 is 5.73 Å². The topological polar surface area (TPSA) is 51.2 Å². The molecule has 3 heteroatoms. The number of fused-ring (bicyclic) bond motifs is 1. The van der Waals surface area contributed by atoms with Gasteiger partial charge in [0.25, 0.3) is 0 Å². The number of nitrogens with two attached hydrogens (primary N) is 1. The van der Waals surface area contributed by atoms with Crippen molar-refractivity contribution >= 4 is 10.9 Å². The van der Waals surface area contributed by atoms with Crippen molar-refractivity contribution < 1.29 is 5.11 Å². The van der Waals surface area contributed by atoms with Gasteiger partial charge in [0, 0.05) is 30.2 Å². The van der Waals surface area contributed by atoms with Gasteiger partial charge in [0.05, 0.1) is 6.10 Å². The zero-order valence-electron chi connectivity index (χ0n) is 9.56. The van der Waals surface area contributed by atoms with Crippen LogP contribution in [0.3, 0.4) is 0 Å². The maximum absolute atomic E-state index is 9.29. The van der Waals surface area contributed by atoms with Crippen LogP contribution >= 0.6 is 0 Å². The SMILES string of the molecule is CC(O)CCn1ccc2c(CN)cccc21. The molecule has 0 aliphatic heterocycles. The summed E-state index contributed by atoms with van der Waals surface area (Å²) in [4.78, 5) is 0. The molecule has 16 heavy (non-hydrogen) atoms. The summed E-state index contributed by atoms with van der Waals surface area (Å²) in [5, 5.41) is 10.5. The highest BCUT2D eigenvalue weighted by molar-refractivity contribution is 5.83. The van der Waals surface area contributed by atoms with E-state index in [0.717, 1.165) is 13.0 Å². The molecule has 1 aromatic carbocycles. The van der Waals surface area contributed by atoms with E-state index in [1.54, 1.807) is 0 Å². The van der Waals surface area contributed by atoms with Gasteiger partial charge in [-0.25, -0.2) is 0 Å². The highest BCUT2D eigenvalue weighted by Crippen LogP contribution is 2.20. The highest BCUT2D eigenvalue weighted by Gasteiger charge is 2.05. The van der Waals surface area contributed by atoms with Crippen LogP contribution in [0.2, 0.25) is 0 Å². The minimum atomic E-state index is -0.254. The zero-order chi connectivity index (χ0) is 11.5. The molecule has 86 valence electrons. The van der Waals surface area contributed by atoms with Crippen LogP contribution in [0.5, 0.6) is 0 Å². The Kier molecular flexibility index (Phi) is 3.27. The van der Waals surface area contributed by atoms with Gasteiger partial charge >= 0.3 is 0 Å². The lowest BCUT2D eigenvalue weighted by Gasteiger charge is -2.08. The van der Waals surface area contributed by atoms with Crippen molar-refractivity contribution in [3.05, 3.63) is 36.0 Å². The molecule has 3 nitrogen and oxygen atoms in total. The van der Waals surface area contributed by atoms with E-state index >= 15 is 0 Å². The number of benzene rings is 1. The largest absolute Gasteiger partial charge is 0.393 e. The average molecular weight is 218 g/mol. The molecule has 2 rings (SSSR count). The molecule has 0 radical (unpaired) electrons. The van der Waals surface area contributed by atoms with E-state index in [0.29, 0.717) is 6.54 Å². The number of aryl methyl sites for hydroxylation is 1. The van der Waals surface area contributed by atoms with Gasteiger partial charge in [-0.15, -0.1) is 0 Å². The summed E-state index contributed by atoms with van der Waals surface area (Å²) in [6.07, 6.45) is 2.58. The first-order valence-electron chi connectivity index (χ1n) is 5.67. The fourth-order valence-electron chi connectivity index (χ4n) is 1.99. The lowest BCUT2D eigenvalue weighted by atomic mass is 10.1. The zero-order valence-corrected chi connectivity index (χ0v) is 9.56. The number of aliphatic hydroxyl groups excluding tert-OH is 1. The molecule has 0 bridgehead atoms. The van der Waals surface area contributed by atoms with Crippen molar-refractivity contribution in [2.45, 2.75) is 32.5 Å². The molecule has 0 saturated heterocycles. The lowest BCUT2D eigenvalue weighted by Crippen LogP contribution is -2.06. The second-order valence-electron chi connectivity index (χ2n) is 4.20. The van der Waals surface area contributed by atoms with Crippen LogP contribution in [0.1, 0.15) is 18.9 Å². The molecular weight excluding hydrogens is 200 g/mol. The van der Waals surface area contributed by atoms with Crippen molar-refractivity contribution in [2.24, 2.45) is 5.73 Å². The summed E-state index contributed by atoms with van der Waals surface area (Å²) >= 11 is 0. The Morgan fingerprint density at radius 1 is 1.38 bits per heavy atom. The third-order valence-electron chi connectivity index (χ3n) is 2.91. The fourth-order valence-corrected chi connectivity index (χ4v) is 1.99. The van der Waals surface area contributed by atoms with E-state index in [1.165, 1.54) is 16.5 Å². The summed E-state index contributed by atoms with van der Waals surface area (Å²) in [7, 11) is 0. The van der Waals surface area contributed by atoms with Gasteiger partial charge in [0.2, 0.25) is 0 Å². The Balaban J connectivity index is 2.34.